The first-order valence-electron chi connectivity index (χ1n) is 8.45. The summed E-state index contributed by atoms with van der Waals surface area (Å²) in [6.07, 6.45) is 2.31. The van der Waals surface area contributed by atoms with Crippen LogP contribution in [0.3, 0.4) is 0 Å². The molecule has 0 radical (unpaired) electrons. The highest BCUT2D eigenvalue weighted by molar-refractivity contribution is 5.85. The molecule has 2 aromatic rings. The summed E-state index contributed by atoms with van der Waals surface area (Å²) in [6, 6.07) is 14.5. The van der Waals surface area contributed by atoms with E-state index in [1.54, 1.807) is 7.11 Å². The molecule has 5 heteroatoms. The van der Waals surface area contributed by atoms with Gasteiger partial charge in [-0.2, -0.15) is 0 Å². The lowest BCUT2D eigenvalue weighted by molar-refractivity contribution is -0.121. The fourth-order valence-corrected chi connectivity index (χ4v) is 2.99. The van der Waals surface area contributed by atoms with Crippen molar-refractivity contribution in [2.45, 2.75) is 38.9 Å². The van der Waals surface area contributed by atoms with Crippen molar-refractivity contribution in [3.63, 3.8) is 0 Å². The molecule has 0 saturated heterocycles. The van der Waals surface area contributed by atoms with E-state index >= 15 is 0 Å². The van der Waals surface area contributed by atoms with E-state index in [1.165, 1.54) is 22.3 Å². The Balaban J connectivity index is 0.00000225. The van der Waals surface area contributed by atoms with Crippen molar-refractivity contribution in [2.75, 3.05) is 7.11 Å². The van der Waals surface area contributed by atoms with Crippen LogP contribution >= 0.6 is 12.4 Å². The predicted octanol–water partition coefficient (Wildman–Crippen LogP) is 3.36. The molecule has 0 spiro atoms. The third-order valence-corrected chi connectivity index (χ3v) is 4.42. The van der Waals surface area contributed by atoms with Crippen LogP contribution in [0.25, 0.3) is 0 Å². The Hall–Kier alpha value is -2.04. The molecule has 0 saturated carbocycles. The van der Waals surface area contributed by atoms with E-state index in [0.717, 1.165) is 31.7 Å². The zero-order valence-electron chi connectivity index (χ0n) is 14.5. The summed E-state index contributed by atoms with van der Waals surface area (Å²) in [4.78, 5) is 12.0. The van der Waals surface area contributed by atoms with Crippen molar-refractivity contribution in [3.8, 4) is 5.75 Å². The van der Waals surface area contributed by atoms with Gasteiger partial charge in [0.15, 0.2) is 0 Å². The monoisotopic (exact) mass is 360 g/mol. The maximum absolute atomic E-state index is 12.0. The van der Waals surface area contributed by atoms with Gasteiger partial charge in [-0.25, -0.2) is 0 Å². The van der Waals surface area contributed by atoms with Gasteiger partial charge in [0.1, 0.15) is 5.75 Å². The molecule has 0 aromatic heterocycles. The van der Waals surface area contributed by atoms with Crippen molar-refractivity contribution in [3.05, 3.63) is 64.7 Å². The molecule has 1 amide bonds. The van der Waals surface area contributed by atoms with Gasteiger partial charge in [-0.05, 0) is 47.2 Å². The predicted molar refractivity (Wildman–Crippen MR) is 102 cm³/mol. The van der Waals surface area contributed by atoms with Crippen molar-refractivity contribution in [1.29, 1.82) is 0 Å². The molecule has 0 bridgehead atoms. The number of halogens is 1. The van der Waals surface area contributed by atoms with Gasteiger partial charge in [0.05, 0.1) is 7.11 Å². The zero-order chi connectivity index (χ0) is 16.8. The Morgan fingerprint density at radius 1 is 1.08 bits per heavy atom. The molecule has 2 N–H and O–H groups in total. The van der Waals surface area contributed by atoms with Gasteiger partial charge in [0, 0.05) is 26.1 Å². The van der Waals surface area contributed by atoms with Gasteiger partial charge in [-0.1, -0.05) is 30.3 Å². The van der Waals surface area contributed by atoms with Gasteiger partial charge in [0.25, 0.3) is 0 Å². The van der Waals surface area contributed by atoms with Crippen LogP contribution in [0.4, 0.5) is 0 Å². The summed E-state index contributed by atoms with van der Waals surface area (Å²) in [5.74, 6) is 0.975. The van der Waals surface area contributed by atoms with E-state index < -0.39 is 0 Å². The molecule has 3 rings (SSSR count). The molecule has 4 nitrogen and oxygen atoms in total. The van der Waals surface area contributed by atoms with E-state index in [-0.39, 0.29) is 18.3 Å². The number of aryl methyl sites for hydroxylation is 1. The summed E-state index contributed by atoms with van der Waals surface area (Å²) >= 11 is 0. The lowest BCUT2D eigenvalue weighted by atomic mass is 10.1. The Morgan fingerprint density at radius 2 is 1.80 bits per heavy atom. The molecule has 0 aliphatic carbocycles. The smallest absolute Gasteiger partial charge is 0.220 e. The van der Waals surface area contributed by atoms with Crippen molar-refractivity contribution in [1.82, 2.24) is 10.6 Å². The lowest BCUT2D eigenvalue weighted by Crippen LogP contribution is -2.22. The Bertz CT molecular complexity index is 701. The largest absolute Gasteiger partial charge is 0.497 e. The van der Waals surface area contributed by atoms with Crippen LogP contribution in [0, 0.1) is 0 Å². The minimum absolute atomic E-state index is 0. The Kier molecular flexibility index (Phi) is 7.29. The molecular formula is C20H25ClN2O2. The average Bonchev–Trinajstić information content (AvgIpc) is 3.08. The zero-order valence-corrected chi connectivity index (χ0v) is 15.3. The second-order valence-corrected chi connectivity index (χ2v) is 6.18. The highest BCUT2D eigenvalue weighted by Crippen LogP contribution is 2.17. The standard InChI is InChI=1S/C20H24N2O2.ClH/c1-24-19-9-6-15(7-10-19)3-2-4-20(23)22-12-16-5-8-17-13-21-14-18(17)11-16;/h5-11,21H,2-4,12-14H2,1H3,(H,22,23);1H. The van der Waals surface area contributed by atoms with Crippen LogP contribution in [0.5, 0.6) is 5.75 Å². The minimum atomic E-state index is 0. The summed E-state index contributed by atoms with van der Waals surface area (Å²) < 4.78 is 5.15. The van der Waals surface area contributed by atoms with E-state index in [4.69, 9.17) is 4.74 Å². The van der Waals surface area contributed by atoms with Gasteiger partial charge in [-0.15, -0.1) is 12.4 Å². The molecular weight excluding hydrogens is 336 g/mol. The average molecular weight is 361 g/mol. The third kappa shape index (κ3) is 5.48. The van der Waals surface area contributed by atoms with Crippen LogP contribution in [0.1, 0.15) is 35.1 Å². The normalized spacial score (nSPS) is 12.2. The number of amides is 1. The number of fused-ring (bicyclic) bond motifs is 1. The minimum Gasteiger partial charge on any atom is -0.497 e. The highest BCUT2D eigenvalue weighted by Gasteiger charge is 2.10. The molecule has 134 valence electrons. The fourth-order valence-electron chi connectivity index (χ4n) is 2.99. The molecule has 0 unspecified atom stereocenters. The Morgan fingerprint density at radius 3 is 2.56 bits per heavy atom. The molecule has 0 atom stereocenters. The maximum atomic E-state index is 12.0. The number of rotatable bonds is 7. The molecule has 1 aliphatic rings. The maximum Gasteiger partial charge on any atom is 0.220 e. The first kappa shape index (κ1) is 19.3. The van der Waals surface area contributed by atoms with Crippen molar-refractivity contribution >= 4 is 18.3 Å². The molecule has 1 aliphatic heterocycles. The van der Waals surface area contributed by atoms with Crippen molar-refractivity contribution < 1.29 is 9.53 Å². The molecule has 0 fully saturated rings. The van der Waals surface area contributed by atoms with Gasteiger partial charge in [0.2, 0.25) is 5.91 Å². The summed E-state index contributed by atoms with van der Waals surface area (Å²) in [5, 5.41) is 6.35. The summed E-state index contributed by atoms with van der Waals surface area (Å²) in [7, 11) is 1.66. The Labute approximate surface area is 155 Å². The summed E-state index contributed by atoms with van der Waals surface area (Å²) in [5.41, 5.74) is 5.11. The summed E-state index contributed by atoms with van der Waals surface area (Å²) in [6.45, 7) is 2.49. The quantitative estimate of drug-likeness (QED) is 0.796. The van der Waals surface area contributed by atoms with Gasteiger partial charge >= 0.3 is 0 Å². The molecule has 25 heavy (non-hydrogen) atoms. The number of carbonyl (C=O) groups is 1. The van der Waals surface area contributed by atoms with E-state index in [9.17, 15) is 4.79 Å². The number of carbonyl (C=O) groups excluding carboxylic acids is 1. The van der Waals surface area contributed by atoms with Crippen molar-refractivity contribution in [2.24, 2.45) is 0 Å². The van der Waals surface area contributed by atoms with Crippen LogP contribution in [-0.4, -0.2) is 13.0 Å². The molecule has 2 aromatic carbocycles. The number of hydrogen-bond donors (Lipinski definition) is 2. The second kappa shape index (κ2) is 9.44. The highest BCUT2D eigenvalue weighted by atomic mass is 35.5. The van der Waals surface area contributed by atoms with E-state index in [2.05, 4.69) is 41.0 Å². The number of methoxy groups -OCH3 is 1. The molecule has 1 heterocycles. The van der Waals surface area contributed by atoms with Crippen LogP contribution in [-0.2, 0) is 30.8 Å². The SMILES string of the molecule is COc1ccc(CCCC(=O)NCc2ccc3c(c2)CNC3)cc1.Cl. The first-order chi connectivity index (χ1) is 11.7. The van der Waals surface area contributed by atoms with E-state index in [1.807, 2.05) is 12.1 Å². The third-order valence-electron chi connectivity index (χ3n) is 4.42. The lowest BCUT2D eigenvalue weighted by Gasteiger charge is -2.07. The van der Waals surface area contributed by atoms with Gasteiger partial charge in [-0.3, -0.25) is 4.79 Å². The van der Waals surface area contributed by atoms with Crippen LogP contribution < -0.4 is 15.4 Å². The van der Waals surface area contributed by atoms with Crippen LogP contribution in [0.15, 0.2) is 42.5 Å². The second-order valence-electron chi connectivity index (χ2n) is 6.18. The number of nitrogens with one attached hydrogen (secondary N) is 2. The number of benzene rings is 2. The van der Waals surface area contributed by atoms with Gasteiger partial charge < -0.3 is 15.4 Å². The fraction of sp³-hybridized carbons (Fsp3) is 0.350. The first-order valence-corrected chi connectivity index (χ1v) is 8.45. The number of ether oxygens (including phenoxy) is 1. The van der Waals surface area contributed by atoms with E-state index in [0.29, 0.717) is 13.0 Å². The number of hydrogen-bond acceptors (Lipinski definition) is 3. The van der Waals surface area contributed by atoms with Crippen LogP contribution in [0.2, 0.25) is 0 Å². The topological polar surface area (TPSA) is 50.4 Å².